The number of aromatic nitrogens is 2. The van der Waals surface area contributed by atoms with Crippen molar-refractivity contribution >= 4 is 5.95 Å². The van der Waals surface area contributed by atoms with Crippen molar-refractivity contribution in [3.63, 3.8) is 0 Å². The third kappa shape index (κ3) is 2.73. The number of ether oxygens (including phenoxy) is 1. The van der Waals surface area contributed by atoms with E-state index in [0.717, 1.165) is 12.1 Å². The van der Waals surface area contributed by atoms with E-state index in [9.17, 15) is 5.11 Å². The molecule has 0 aromatic carbocycles. The Kier molecular flexibility index (Phi) is 3.91. The molecule has 0 aliphatic carbocycles. The van der Waals surface area contributed by atoms with Gasteiger partial charge in [0.05, 0.1) is 25.9 Å². The largest absolute Gasteiger partial charge is 0.394 e. The third-order valence-electron chi connectivity index (χ3n) is 3.02. The number of aliphatic hydroxyl groups excluding tert-OH is 1. The maximum atomic E-state index is 9.29. The molecule has 1 aliphatic heterocycles. The van der Waals surface area contributed by atoms with Crippen molar-refractivity contribution in [3.05, 3.63) is 18.0 Å². The monoisotopic (exact) mass is 237 g/mol. The summed E-state index contributed by atoms with van der Waals surface area (Å²) in [5, 5.41) is 9.29. The van der Waals surface area contributed by atoms with Crippen LogP contribution in [0.4, 0.5) is 5.95 Å². The van der Waals surface area contributed by atoms with Crippen molar-refractivity contribution in [2.45, 2.75) is 25.8 Å². The van der Waals surface area contributed by atoms with Gasteiger partial charge in [-0.15, -0.1) is 0 Å². The van der Waals surface area contributed by atoms with Gasteiger partial charge in [0.15, 0.2) is 0 Å². The Morgan fingerprint density at radius 1 is 1.47 bits per heavy atom. The Hall–Kier alpha value is -1.20. The van der Waals surface area contributed by atoms with Crippen molar-refractivity contribution in [2.75, 3.05) is 31.3 Å². The van der Waals surface area contributed by atoms with E-state index >= 15 is 0 Å². The topological polar surface area (TPSA) is 58.5 Å². The summed E-state index contributed by atoms with van der Waals surface area (Å²) in [5.74, 6) is 1.11. The maximum absolute atomic E-state index is 9.29. The van der Waals surface area contributed by atoms with Crippen molar-refractivity contribution in [1.82, 2.24) is 9.97 Å². The molecule has 1 aromatic heterocycles. The molecule has 1 fully saturated rings. The first-order valence-corrected chi connectivity index (χ1v) is 5.99. The second kappa shape index (κ2) is 5.42. The van der Waals surface area contributed by atoms with Gasteiger partial charge in [0, 0.05) is 18.9 Å². The number of hydrogen-bond donors (Lipinski definition) is 1. The number of hydrogen-bond acceptors (Lipinski definition) is 5. The molecule has 1 aromatic rings. The van der Waals surface area contributed by atoms with Crippen LogP contribution in [0, 0.1) is 0 Å². The fourth-order valence-electron chi connectivity index (χ4n) is 1.85. The van der Waals surface area contributed by atoms with Gasteiger partial charge in [-0.25, -0.2) is 9.97 Å². The molecule has 1 unspecified atom stereocenters. The molecule has 1 N–H and O–H groups in total. The number of morpholine rings is 1. The van der Waals surface area contributed by atoms with Crippen LogP contribution in [0.25, 0.3) is 0 Å². The molecular formula is C12H19N3O2. The molecule has 17 heavy (non-hydrogen) atoms. The predicted octanol–water partition coefficient (Wildman–Crippen LogP) is 0.798. The molecule has 0 radical (unpaired) electrons. The average Bonchev–Trinajstić information content (AvgIpc) is 2.39. The molecule has 5 heteroatoms. The lowest BCUT2D eigenvalue weighted by molar-refractivity contribution is 0.0718. The van der Waals surface area contributed by atoms with Gasteiger partial charge in [0.25, 0.3) is 0 Å². The highest BCUT2D eigenvalue weighted by atomic mass is 16.5. The van der Waals surface area contributed by atoms with E-state index in [1.165, 1.54) is 0 Å². The highest BCUT2D eigenvalue weighted by Gasteiger charge is 2.24. The van der Waals surface area contributed by atoms with E-state index in [1.54, 1.807) is 0 Å². The van der Waals surface area contributed by atoms with Crippen LogP contribution in [0.2, 0.25) is 0 Å². The van der Waals surface area contributed by atoms with E-state index in [0.29, 0.717) is 25.1 Å². The lowest BCUT2D eigenvalue weighted by atomic mass is 10.1. The predicted molar refractivity (Wildman–Crippen MR) is 65.2 cm³/mol. The Labute approximate surface area is 101 Å². The van der Waals surface area contributed by atoms with Gasteiger partial charge in [-0.3, -0.25) is 0 Å². The van der Waals surface area contributed by atoms with Crippen molar-refractivity contribution in [3.8, 4) is 0 Å². The fourth-order valence-corrected chi connectivity index (χ4v) is 1.85. The van der Waals surface area contributed by atoms with Gasteiger partial charge in [0.1, 0.15) is 0 Å². The van der Waals surface area contributed by atoms with Crippen molar-refractivity contribution in [1.29, 1.82) is 0 Å². The lowest BCUT2D eigenvalue weighted by Crippen LogP contribution is -2.48. The summed E-state index contributed by atoms with van der Waals surface area (Å²) in [4.78, 5) is 10.7. The summed E-state index contributed by atoms with van der Waals surface area (Å²) < 4.78 is 5.33. The van der Waals surface area contributed by atoms with Crippen molar-refractivity contribution in [2.24, 2.45) is 0 Å². The Balaban J connectivity index is 2.15. The Morgan fingerprint density at radius 3 is 2.76 bits per heavy atom. The van der Waals surface area contributed by atoms with Gasteiger partial charge < -0.3 is 14.7 Å². The van der Waals surface area contributed by atoms with E-state index in [4.69, 9.17) is 4.74 Å². The molecular weight excluding hydrogens is 218 g/mol. The molecule has 1 aliphatic rings. The second-order valence-corrected chi connectivity index (χ2v) is 4.58. The van der Waals surface area contributed by atoms with Crippen LogP contribution in [0.15, 0.2) is 12.4 Å². The number of anilines is 1. The van der Waals surface area contributed by atoms with Crippen LogP contribution in [0.3, 0.4) is 0 Å². The lowest BCUT2D eigenvalue weighted by Gasteiger charge is -2.34. The van der Waals surface area contributed by atoms with E-state index in [1.807, 2.05) is 17.3 Å². The first kappa shape index (κ1) is 12.3. The van der Waals surface area contributed by atoms with Crippen LogP contribution >= 0.6 is 0 Å². The van der Waals surface area contributed by atoms with Gasteiger partial charge in [-0.1, -0.05) is 13.8 Å². The highest BCUT2D eigenvalue weighted by Crippen LogP contribution is 2.17. The average molecular weight is 237 g/mol. The Bertz CT molecular complexity index is 353. The fraction of sp³-hybridized carbons (Fsp3) is 0.667. The molecule has 0 spiro atoms. The van der Waals surface area contributed by atoms with Gasteiger partial charge >= 0.3 is 0 Å². The number of aliphatic hydroxyl groups is 1. The minimum absolute atomic E-state index is 0.0337. The van der Waals surface area contributed by atoms with Crippen LogP contribution in [-0.4, -0.2) is 47.5 Å². The normalized spacial score (nSPS) is 20.9. The first-order valence-electron chi connectivity index (χ1n) is 5.99. The summed E-state index contributed by atoms with van der Waals surface area (Å²) in [5.41, 5.74) is 1.13. The maximum Gasteiger partial charge on any atom is 0.225 e. The quantitative estimate of drug-likeness (QED) is 0.842. The summed E-state index contributed by atoms with van der Waals surface area (Å²) in [6.45, 7) is 6.21. The summed E-state index contributed by atoms with van der Waals surface area (Å²) in [6, 6.07) is -0.0337. The minimum Gasteiger partial charge on any atom is -0.394 e. The SMILES string of the molecule is CC(C)c1cnc(N2CCOCC2CO)nc1. The molecule has 0 amide bonds. The summed E-state index contributed by atoms with van der Waals surface area (Å²) in [6.07, 6.45) is 3.72. The zero-order chi connectivity index (χ0) is 12.3. The summed E-state index contributed by atoms with van der Waals surface area (Å²) in [7, 11) is 0. The van der Waals surface area contributed by atoms with E-state index < -0.39 is 0 Å². The van der Waals surface area contributed by atoms with E-state index in [-0.39, 0.29) is 12.6 Å². The van der Waals surface area contributed by atoms with Crippen LogP contribution in [-0.2, 0) is 4.74 Å². The van der Waals surface area contributed by atoms with E-state index in [2.05, 4.69) is 23.8 Å². The van der Waals surface area contributed by atoms with Gasteiger partial charge in [-0.05, 0) is 11.5 Å². The zero-order valence-corrected chi connectivity index (χ0v) is 10.3. The zero-order valence-electron chi connectivity index (χ0n) is 10.3. The molecule has 1 saturated heterocycles. The Morgan fingerprint density at radius 2 is 2.18 bits per heavy atom. The van der Waals surface area contributed by atoms with Gasteiger partial charge in [-0.2, -0.15) is 0 Å². The molecule has 2 heterocycles. The highest BCUT2D eigenvalue weighted by molar-refractivity contribution is 5.33. The summed E-state index contributed by atoms with van der Waals surface area (Å²) >= 11 is 0. The van der Waals surface area contributed by atoms with Crippen LogP contribution in [0.1, 0.15) is 25.3 Å². The van der Waals surface area contributed by atoms with Gasteiger partial charge in [0.2, 0.25) is 5.95 Å². The first-order chi connectivity index (χ1) is 8.22. The number of rotatable bonds is 3. The second-order valence-electron chi connectivity index (χ2n) is 4.58. The van der Waals surface area contributed by atoms with Crippen molar-refractivity contribution < 1.29 is 9.84 Å². The molecule has 5 nitrogen and oxygen atoms in total. The molecule has 1 atom stereocenters. The standard InChI is InChI=1S/C12H19N3O2/c1-9(2)10-5-13-12(14-6-10)15-3-4-17-8-11(15)7-16/h5-6,9,11,16H,3-4,7-8H2,1-2H3. The smallest absolute Gasteiger partial charge is 0.225 e. The number of nitrogens with zero attached hydrogens (tertiary/aromatic N) is 3. The van der Waals surface area contributed by atoms with Crippen LogP contribution < -0.4 is 4.90 Å². The third-order valence-corrected chi connectivity index (χ3v) is 3.02. The molecule has 94 valence electrons. The molecule has 2 rings (SSSR count). The minimum atomic E-state index is -0.0337. The van der Waals surface area contributed by atoms with Crippen LogP contribution in [0.5, 0.6) is 0 Å². The molecule has 0 bridgehead atoms. The molecule has 0 saturated carbocycles.